The summed E-state index contributed by atoms with van der Waals surface area (Å²) in [6, 6.07) is 18.7. The molecule has 0 radical (unpaired) electrons. The van der Waals surface area contributed by atoms with Gasteiger partial charge in [-0.05, 0) is 66.1 Å². The fraction of sp³-hybridized carbons (Fsp3) is 0.333. The van der Waals surface area contributed by atoms with Crippen LogP contribution in [0.1, 0.15) is 73.0 Å². The minimum absolute atomic E-state index is 0. The van der Waals surface area contributed by atoms with Crippen LogP contribution < -0.4 is 44.1 Å². The van der Waals surface area contributed by atoms with Crippen LogP contribution >= 0.6 is 11.6 Å². The van der Waals surface area contributed by atoms with Crippen LogP contribution in [0.25, 0.3) is 0 Å². The van der Waals surface area contributed by atoms with Crippen molar-refractivity contribution in [2.45, 2.75) is 57.8 Å². The quantitative estimate of drug-likeness (QED) is 0.331. The minimum Gasteiger partial charge on any atom is -0.549 e. The number of hydrogen-bond donors (Lipinski definition) is 0. The number of benzene rings is 3. The van der Waals surface area contributed by atoms with E-state index in [-0.39, 0.29) is 52.4 Å². The molecule has 1 aliphatic heterocycles. The van der Waals surface area contributed by atoms with Crippen molar-refractivity contribution in [2.24, 2.45) is 0 Å². The smallest absolute Gasteiger partial charge is 0.549 e. The summed E-state index contributed by atoms with van der Waals surface area (Å²) in [6.45, 7) is 6.87. The van der Waals surface area contributed by atoms with Crippen molar-refractivity contribution in [2.75, 3.05) is 6.61 Å². The Hall–Kier alpha value is -2.31. The van der Waals surface area contributed by atoms with Gasteiger partial charge in [-0.15, -0.1) is 0 Å². The number of carbonyl (C=O) groups is 2. The zero-order valence-corrected chi connectivity index (χ0v) is 24.6. The molecule has 1 aliphatic rings. The number of aryl methyl sites for hydroxylation is 1. The van der Waals surface area contributed by atoms with Crippen LogP contribution in [0.5, 0.6) is 17.2 Å². The molecule has 0 N–H and O–H groups in total. The summed E-state index contributed by atoms with van der Waals surface area (Å²) in [6.07, 6.45) is 2.44. The third-order valence-corrected chi connectivity index (χ3v) is 6.78. The van der Waals surface area contributed by atoms with E-state index in [1.165, 1.54) is 11.1 Å². The standard InChI is InChI=1S/C30H31ClO5.Na/c1-30(2,3)21-11-7-19(8-12-21)5-4-6-26(32)20-9-13-22(14-10-20)36-28-18-27-24(17-25(28)31)23(29(33)34)15-16-35-27;/h7-14,17-18,23H,4-6,15-16H2,1-3H3,(H,33,34);/q;+1/p-1. The number of carbonyl (C=O) groups excluding carboxylic acids is 2. The molecule has 1 unspecified atom stereocenters. The van der Waals surface area contributed by atoms with Crippen molar-refractivity contribution in [3.63, 3.8) is 0 Å². The summed E-state index contributed by atoms with van der Waals surface area (Å²) in [5, 5.41) is 11.7. The molecule has 4 rings (SSSR count). The van der Waals surface area contributed by atoms with Gasteiger partial charge in [0.25, 0.3) is 0 Å². The summed E-state index contributed by atoms with van der Waals surface area (Å²) < 4.78 is 11.5. The third kappa shape index (κ3) is 7.38. The van der Waals surface area contributed by atoms with Crippen molar-refractivity contribution in [1.29, 1.82) is 0 Å². The molecule has 0 spiro atoms. The summed E-state index contributed by atoms with van der Waals surface area (Å²) in [5.74, 6) is -0.530. The maximum Gasteiger partial charge on any atom is 1.00 e. The van der Waals surface area contributed by atoms with E-state index in [1.807, 2.05) is 0 Å². The van der Waals surface area contributed by atoms with Gasteiger partial charge in [-0.25, -0.2) is 0 Å². The van der Waals surface area contributed by atoms with Crippen LogP contribution in [0.4, 0.5) is 0 Å². The number of halogens is 1. The van der Waals surface area contributed by atoms with Crippen molar-refractivity contribution >= 4 is 23.4 Å². The zero-order chi connectivity index (χ0) is 25.9. The number of fused-ring (bicyclic) bond motifs is 1. The van der Waals surface area contributed by atoms with Gasteiger partial charge in [0.1, 0.15) is 17.2 Å². The van der Waals surface area contributed by atoms with Gasteiger partial charge in [-0.3, -0.25) is 4.79 Å². The van der Waals surface area contributed by atoms with E-state index >= 15 is 0 Å². The van der Waals surface area contributed by atoms with Gasteiger partial charge in [0.15, 0.2) is 5.78 Å². The fourth-order valence-electron chi connectivity index (χ4n) is 4.32. The molecule has 7 heteroatoms. The number of ether oxygens (including phenoxy) is 2. The molecule has 0 aromatic heterocycles. The molecule has 0 saturated heterocycles. The first-order valence-electron chi connectivity index (χ1n) is 12.2. The predicted molar refractivity (Wildman–Crippen MR) is 138 cm³/mol. The summed E-state index contributed by atoms with van der Waals surface area (Å²) in [5.41, 5.74) is 3.78. The molecule has 37 heavy (non-hydrogen) atoms. The second-order valence-corrected chi connectivity index (χ2v) is 10.6. The normalized spacial score (nSPS) is 14.6. The molecule has 0 bridgehead atoms. The van der Waals surface area contributed by atoms with Crippen molar-refractivity contribution in [3.8, 4) is 17.2 Å². The number of aliphatic carboxylic acids is 1. The van der Waals surface area contributed by atoms with Gasteiger partial charge in [0, 0.05) is 35.5 Å². The SMILES string of the molecule is CC(C)(C)c1ccc(CCCC(=O)c2ccc(Oc3cc4c(cc3Cl)C(C(=O)[O-])CCO4)cc2)cc1.[Na+]. The number of Topliss-reactive ketones (excluding diaryl/α,β-unsaturated/α-hetero) is 1. The molecular formula is C30H30ClNaO5. The monoisotopic (exact) mass is 528 g/mol. The molecule has 0 saturated carbocycles. The first-order valence-corrected chi connectivity index (χ1v) is 12.6. The predicted octanol–water partition coefficient (Wildman–Crippen LogP) is 3.26. The topological polar surface area (TPSA) is 75.7 Å². The number of hydrogen-bond acceptors (Lipinski definition) is 5. The van der Waals surface area contributed by atoms with Crippen LogP contribution in [0.2, 0.25) is 5.02 Å². The molecule has 1 atom stereocenters. The first kappa shape index (κ1) is 29.2. The summed E-state index contributed by atoms with van der Waals surface area (Å²) in [4.78, 5) is 24.1. The van der Waals surface area contributed by atoms with Gasteiger partial charge in [0.05, 0.1) is 11.6 Å². The number of carboxylic acid groups (broad SMARTS) is 1. The molecule has 0 aliphatic carbocycles. The Morgan fingerprint density at radius 1 is 1.05 bits per heavy atom. The Kier molecular flexibility index (Phi) is 9.87. The Labute approximate surface area is 245 Å². The maximum absolute atomic E-state index is 12.7. The van der Waals surface area contributed by atoms with Crippen molar-refractivity contribution in [1.82, 2.24) is 0 Å². The van der Waals surface area contributed by atoms with E-state index in [2.05, 4.69) is 45.0 Å². The molecule has 3 aromatic carbocycles. The van der Waals surface area contributed by atoms with E-state index in [0.717, 1.165) is 12.8 Å². The Morgan fingerprint density at radius 2 is 1.73 bits per heavy atom. The first-order chi connectivity index (χ1) is 17.1. The van der Waals surface area contributed by atoms with E-state index in [9.17, 15) is 14.7 Å². The van der Waals surface area contributed by atoms with Gasteiger partial charge < -0.3 is 19.4 Å². The second kappa shape index (κ2) is 12.5. The average Bonchev–Trinajstić information content (AvgIpc) is 2.84. The van der Waals surface area contributed by atoms with Gasteiger partial charge in [-0.2, -0.15) is 0 Å². The van der Waals surface area contributed by atoms with E-state index in [4.69, 9.17) is 21.1 Å². The average molecular weight is 529 g/mol. The molecular weight excluding hydrogens is 499 g/mol. The minimum atomic E-state index is -1.15. The molecule has 1 heterocycles. The van der Waals surface area contributed by atoms with Crippen LogP contribution in [-0.4, -0.2) is 18.4 Å². The van der Waals surface area contributed by atoms with Crippen LogP contribution in [0.15, 0.2) is 60.7 Å². The number of rotatable bonds is 8. The Bertz CT molecular complexity index is 1250. The van der Waals surface area contributed by atoms with Gasteiger partial charge in [-0.1, -0.05) is 56.6 Å². The summed E-state index contributed by atoms with van der Waals surface area (Å²) >= 11 is 6.35. The molecule has 188 valence electrons. The zero-order valence-electron chi connectivity index (χ0n) is 21.8. The summed E-state index contributed by atoms with van der Waals surface area (Å²) in [7, 11) is 0. The van der Waals surface area contributed by atoms with Crippen LogP contribution in [0, 0.1) is 0 Å². The van der Waals surface area contributed by atoms with Crippen LogP contribution in [-0.2, 0) is 16.6 Å². The fourth-order valence-corrected chi connectivity index (χ4v) is 4.53. The van der Waals surface area contributed by atoms with Gasteiger partial charge in [0.2, 0.25) is 0 Å². The molecule has 0 fully saturated rings. The molecule has 5 nitrogen and oxygen atoms in total. The number of carboxylic acids is 1. The molecule has 0 amide bonds. The van der Waals surface area contributed by atoms with Crippen LogP contribution in [0.3, 0.4) is 0 Å². The second-order valence-electron chi connectivity index (χ2n) is 10.2. The molecule has 3 aromatic rings. The number of ketones is 1. The largest absolute Gasteiger partial charge is 1.00 e. The van der Waals surface area contributed by atoms with Crippen molar-refractivity contribution < 1.29 is 53.7 Å². The third-order valence-electron chi connectivity index (χ3n) is 6.48. The van der Waals surface area contributed by atoms with E-state index < -0.39 is 11.9 Å². The van der Waals surface area contributed by atoms with Gasteiger partial charge >= 0.3 is 29.6 Å². The van der Waals surface area contributed by atoms with E-state index in [0.29, 0.717) is 41.2 Å². The Balaban J connectivity index is 0.00000380. The maximum atomic E-state index is 12.7. The van der Waals surface area contributed by atoms with E-state index in [1.54, 1.807) is 36.4 Å². The Morgan fingerprint density at radius 3 is 2.35 bits per heavy atom. The van der Waals surface area contributed by atoms with Crippen molar-refractivity contribution in [3.05, 3.63) is 87.9 Å².